The quantitative estimate of drug-likeness (QED) is 0.548. The Labute approximate surface area is 82.3 Å². The Bertz CT molecular complexity index is 339. The van der Waals surface area contributed by atoms with Gasteiger partial charge in [-0.2, -0.15) is 0 Å². The van der Waals surface area contributed by atoms with Gasteiger partial charge in [0.05, 0.1) is 15.6 Å². The van der Waals surface area contributed by atoms with Crippen molar-refractivity contribution in [3.8, 4) is 0 Å². The number of carbonyl (C=O) groups excluding carboxylic acids is 1. The lowest BCUT2D eigenvalue weighted by Crippen LogP contribution is -1.91. The van der Waals surface area contributed by atoms with Crippen LogP contribution in [0.4, 0.5) is 0 Å². The first-order valence-electron chi connectivity index (χ1n) is 4.20. The number of ketones is 1. The fraction of sp³-hybridized carbons (Fsp3) is 0.400. The molecule has 1 aromatic heterocycles. The van der Waals surface area contributed by atoms with Gasteiger partial charge in [-0.25, -0.2) is 4.98 Å². The lowest BCUT2D eigenvalue weighted by Gasteiger charge is -1.94. The molecule has 2 nitrogen and oxygen atoms in total. The van der Waals surface area contributed by atoms with Gasteiger partial charge in [-0.3, -0.25) is 4.79 Å². The highest BCUT2D eigenvalue weighted by Gasteiger charge is 2.13. The van der Waals surface area contributed by atoms with E-state index in [1.165, 1.54) is 17.4 Å². The largest absolute Gasteiger partial charge is 0.288 e. The van der Waals surface area contributed by atoms with Gasteiger partial charge < -0.3 is 0 Å². The molecule has 70 valence electrons. The molecule has 1 rings (SSSR count). The molecule has 3 heteroatoms. The van der Waals surface area contributed by atoms with Gasteiger partial charge in [0.15, 0.2) is 5.78 Å². The first-order chi connectivity index (χ1) is 6.06. The minimum Gasteiger partial charge on any atom is -0.288 e. The monoisotopic (exact) mass is 195 g/mol. The van der Waals surface area contributed by atoms with Gasteiger partial charge in [-0.1, -0.05) is 20.4 Å². The number of hydrogen-bond acceptors (Lipinski definition) is 3. The third-order valence-electron chi connectivity index (χ3n) is 1.72. The zero-order valence-electron chi connectivity index (χ0n) is 8.13. The highest BCUT2D eigenvalue weighted by Crippen LogP contribution is 2.24. The molecule has 0 spiro atoms. The van der Waals surface area contributed by atoms with Crippen molar-refractivity contribution in [1.29, 1.82) is 0 Å². The zero-order chi connectivity index (χ0) is 10.0. The molecule has 0 bridgehead atoms. The maximum absolute atomic E-state index is 11.3. The molecular weight excluding hydrogens is 182 g/mol. The minimum absolute atomic E-state index is 0.0260. The van der Waals surface area contributed by atoms with E-state index in [1.807, 2.05) is 6.92 Å². The van der Waals surface area contributed by atoms with Crippen LogP contribution in [-0.4, -0.2) is 10.8 Å². The number of aromatic nitrogens is 1. The molecule has 0 saturated heterocycles. The van der Waals surface area contributed by atoms with Crippen molar-refractivity contribution in [3.63, 3.8) is 0 Å². The minimum atomic E-state index is -0.0260. The number of thiazole rings is 1. The van der Waals surface area contributed by atoms with E-state index in [1.54, 1.807) is 0 Å². The summed E-state index contributed by atoms with van der Waals surface area (Å²) in [7, 11) is 0. The maximum Gasteiger partial charge on any atom is 0.197 e. The molecule has 0 saturated carbocycles. The van der Waals surface area contributed by atoms with Crippen LogP contribution in [0.1, 0.15) is 40.1 Å². The fourth-order valence-corrected chi connectivity index (χ4v) is 1.99. The molecule has 13 heavy (non-hydrogen) atoms. The Morgan fingerprint density at radius 1 is 1.62 bits per heavy atom. The van der Waals surface area contributed by atoms with Crippen LogP contribution in [0.3, 0.4) is 0 Å². The summed E-state index contributed by atoms with van der Waals surface area (Å²) < 4.78 is 0. The lowest BCUT2D eigenvalue weighted by atomic mass is 10.2. The number of rotatable bonds is 3. The van der Waals surface area contributed by atoms with E-state index in [9.17, 15) is 4.79 Å². The zero-order valence-corrected chi connectivity index (χ0v) is 8.94. The highest BCUT2D eigenvalue weighted by atomic mass is 32.1. The Morgan fingerprint density at radius 3 is 2.62 bits per heavy atom. The van der Waals surface area contributed by atoms with Gasteiger partial charge in [0.1, 0.15) is 0 Å². The van der Waals surface area contributed by atoms with Crippen LogP contribution < -0.4 is 0 Å². The Kier molecular flexibility index (Phi) is 2.98. The van der Waals surface area contributed by atoms with E-state index in [-0.39, 0.29) is 5.78 Å². The van der Waals surface area contributed by atoms with E-state index >= 15 is 0 Å². The molecule has 0 unspecified atom stereocenters. The van der Waals surface area contributed by atoms with Gasteiger partial charge in [0.25, 0.3) is 0 Å². The van der Waals surface area contributed by atoms with E-state index in [0.29, 0.717) is 5.92 Å². The van der Waals surface area contributed by atoms with Gasteiger partial charge >= 0.3 is 0 Å². The second-order valence-electron chi connectivity index (χ2n) is 3.19. The third kappa shape index (κ3) is 2.04. The molecule has 0 atom stereocenters. The van der Waals surface area contributed by atoms with Crippen LogP contribution >= 0.6 is 11.3 Å². The summed E-state index contributed by atoms with van der Waals surface area (Å²) in [6.07, 6.45) is 1.34. The summed E-state index contributed by atoms with van der Waals surface area (Å²) >= 11 is 1.47. The van der Waals surface area contributed by atoms with Crippen molar-refractivity contribution in [2.75, 3.05) is 0 Å². The van der Waals surface area contributed by atoms with E-state index in [0.717, 1.165) is 15.6 Å². The summed E-state index contributed by atoms with van der Waals surface area (Å²) in [4.78, 5) is 16.4. The van der Waals surface area contributed by atoms with Gasteiger partial charge in [0, 0.05) is 5.92 Å². The molecular formula is C10H13NOS. The highest BCUT2D eigenvalue weighted by molar-refractivity contribution is 7.14. The second kappa shape index (κ2) is 3.83. The standard InChI is InChI=1S/C10H13NOS/c1-5-8(12)9-7(4)11-10(13-9)6(2)3/h5-6H,1H2,2-4H3. The first kappa shape index (κ1) is 10.1. The average Bonchev–Trinajstić information content (AvgIpc) is 2.46. The predicted molar refractivity (Wildman–Crippen MR) is 55.5 cm³/mol. The van der Waals surface area contributed by atoms with Gasteiger partial charge in [-0.15, -0.1) is 11.3 Å². The molecule has 0 N–H and O–H groups in total. The van der Waals surface area contributed by atoms with Gasteiger partial charge in [0.2, 0.25) is 0 Å². The number of nitrogens with zero attached hydrogens (tertiary/aromatic N) is 1. The van der Waals surface area contributed by atoms with Crippen LogP contribution in [0.25, 0.3) is 0 Å². The van der Waals surface area contributed by atoms with Crippen molar-refractivity contribution in [2.24, 2.45) is 0 Å². The summed E-state index contributed by atoms with van der Waals surface area (Å²) in [5, 5.41) is 1.02. The third-order valence-corrected chi connectivity index (χ3v) is 3.19. The van der Waals surface area contributed by atoms with Crippen molar-refractivity contribution < 1.29 is 4.79 Å². The smallest absolute Gasteiger partial charge is 0.197 e. The predicted octanol–water partition coefficient (Wildman–Crippen LogP) is 2.94. The summed E-state index contributed by atoms with van der Waals surface area (Å²) in [5.41, 5.74) is 0.818. The van der Waals surface area contributed by atoms with Crippen LogP contribution in [0.5, 0.6) is 0 Å². The maximum atomic E-state index is 11.3. The van der Waals surface area contributed by atoms with Crippen LogP contribution in [0.2, 0.25) is 0 Å². The summed E-state index contributed by atoms with van der Waals surface area (Å²) in [6, 6.07) is 0. The Morgan fingerprint density at radius 2 is 2.23 bits per heavy atom. The molecule has 0 fully saturated rings. The van der Waals surface area contributed by atoms with Crippen LogP contribution in [0.15, 0.2) is 12.7 Å². The van der Waals surface area contributed by atoms with E-state index in [2.05, 4.69) is 25.4 Å². The number of carbonyl (C=O) groups is 1. The lowest BCUT2D eigenvalue weighted by molar-refractivity contribution is 0.105. The Hall–Kier alpha value is -0.960. The van der Waals surface area contributed by atoms with Crippen molar-refractivity contribution in [1.82, 2.24) is 4.98 Å². The molecule has 0 aliphatic heterocycles. The van der Waals surface area contributed by atoms with Crippen molar-refractivity contribution >= 4 is 17.1 Å². The molecule has 1 aromatic rings. The van der Waals surface area contributed by atoms with Crippen molar-refractivity contribution in [2.45, 2.75) is 26.7 Å². The summed E-state index contributed by atoms with van der Waals surface area (Å²) in [6.45, 7) is 9.46. The SMILES string of the molecule is C=CC(=O)c1sc(C(C)C)nc1C. The first-order valence-corrected chi connectivity index (χ1v) is 5.02. The van der Waals surface area contributed by atoms with Gasteiger partial charge in [-0.05, 0) is 13.0 Å². The summed E-state index contributed by atoms with van der Waals surface area (Å²) in [5.74, 6) is 0.358. The number of allylic oxidation sites excluding steroid dienone is 1. The average molecular weight is 195 g/mol. The molecule has 1 heterocycles. The Balaban J connectivity index is 3.10. The molecule has 0 aromatic carbocycles. The normalized spacial score (nSPS) is 10.5. The molecule has 0 amide bonds. The fourth-order valence-electron chi connectivity index (χ4n) is 0.986. The molecule has 0 radical (unpaired) electrons. The number of hydrogen-bond donors (Lipinski definition) is 0. The molecule has 0 aliphatic carbocycles. The van der Waals surface area contributed by atoms with E-state index in [4.69, 9.17) is 0 Å². The number of aryl methyl sites for hydroxylation is 1. The topological polar surface area (TPSA) is 30.0 Å². The van der Waals surface area contributed by atoms with Crippen molar-refractivity contribution in [3.05, 3.63) is 28.2 Å². The second-order valence-corrected chi connectivity index (χ2v) is 4.22. The van der Waals surface area contributed by atoms with E-state index < -0.39 is 0 Å². The van der Waals surface area contributed by atoms with Crippen LogP contribution in [-0.2, 0) is 0 Å². The molecule has 0 aliphatic rings. The van der Waals surface area contributed by atoms with Crippen LogP contribution in [0, 0.1) is 6.92 Å².